The van der Waals surface area contributed by atoms with E-state index in [0.717, 1.165) is 24.3 Å². The summed E-state index contributed by atoms with van der Waals surface area (Å²) in [6.07, 6.45) is 3.31. The van der Waals surface area contributed by atoms with Gasteiger partial charge in [0.2, 0.25) is 11.8 Å². The van der Waals surface area contributed by atoms with Gasteiger partial charge >= 0.3 is 0 Å². The molecular weight excluding hydrogens is 278 g/mol. The summed E-state index contributed by atoms with van der Waals surface area (Å²) in [5.41, 5.74) is 3.51. The Labute approximate surface area is 130 Å². The van der Waals surface area contributed by atoms with Crippen LogP contribution in [0, 0.1) is 6.92 Å². The average Bonchev–Trinajstić information content (AvgIpc) is 2.52. The standard InChI is InChI=1S/C17H23N3O2/c1-11-10-13(12-6-8-18-9-7-12)2-3-14(11)19-15-4-5-16(21)20-17(15)22/h2-3,10,12,15,18-19H,4-9H2,1H3,(H,20,21,22). The molecule has 1 aromatic rings. The van der Waals surface area contributed by atoms with Crippen molar-refractivity contribution in [2.75, 3.05) is 18.4 Å². The lowest BCUT2D eigenvalue weighted by molar-refractivity contribution is -0.133. The van der Waals surface area contributed by atoms with Crippen molar-refractivity contribution in [3.05, 3.63) is 29.3 Å². The van der Waals surface area contributed by atoms with E-state index < -0.39 is 0 Å². The van der Waals surface area contributed by atoms with Crippen molar-refractivity contribution in [2.45, 2.75) is 44.6 Å². The molecule has 0 radical (unpaired) electrons. The molecule has 118 valence electrons. The van der Waals surface area contributed by atoms with Crippen LogP contribution in [0.25, 0.3) is 0 Å². The van der Waals surface area contributed by atoms with Gasteiger partial charge < -0.3 is 10.6 Å². The molecule has 3 N–H and O–H groups in total. The molecule has 1 unspecified atom stereocenters. The number of hydrogen-bond acceptors (Lipinski definition) is 4. The maximum absolute atomic E-state index is 11.8. The minimum Gasteiger partial charge on any atom is -0.373 e. The quantitative estimate of drug-likeness (QED) is 0.743. The van der Waals surface area contributed by atoms with Gasteiger partial charge in [0, 0.05) is 12.1 Å². The molecule has 2 fully saturated rings. The second-order valence-electron chi connectivity index (χ2n) is 6.25. The lowest BCUT2D eigenvalue weighted by Crippen LogP contribution is -2.47. The van der Waals surface area contributed by atoms with Crippen molar-refractivity contribution >= 4 is 17.5 Å². The number of piperidine rings is 2. The van der Waals surface area contributed by atoms with Crippen LogP contribution < -0.4 is 16.0 Å². The Balaban J connectivity index is 1.69. The Kier molecular flexibility index (Phi) is 4.43. The van der Waals surface area contributed by atoms with Gasteiger partial charge in [-0.1, -0.05) is 12.1 Å². The number of carbonyl (C=O) groups excluding carboxylic acids is 2. The molecule has 2 heterocycles. The third-order valence-corrected chi connectivity index (χ3v) is 4.63. The summed E-state index contributed by atoms with van der Waals surface area (Å²) in [6.45, 7) is 4.23. The lowest BCUT2D eigenvalue weighted by atomic mass is 9.89. The summed E-state index contributed by atoms with van der Waals surface area (Å²) in [4.78, 5) is 23.0. The van der Waals surface area contributed by atoms with Gasteiger partial charge in [0.15, 0.2) is 0 Å². The largest absolute Gasteiger partial charge is 0.373 e. The summed E-state index contributed by atoms with van der Waals surface area (Å²) in [5, 5.41) is 9.05. The second kappa shape index (κ2) is 6.48. The molecule has 0 aromatic heterocycles. The first-order valence-corrected chi connectivity index (χ1v) is 8.05. The number of anilines is 1. The zero-order chi connectivity index (χ0) is 15.5. The SMILES string of the molecule is Cc1cc(C2CCNCC2)ccc1NC1CCC(=O)NC1=O. The van der Waals surface area contributed by atoms with Crippen molar-refractivity contribution < 1.29 is 9.59 Å². The van der Waals surface area contributed by atoms with Crippen LogP contribution in [-0.4, -0.2) is 30.9 Å². The van der Waals surface area contributed by atoms with Gasteiger partial charge in [-0.3, -0.25) is 14.9 Å². The van der Waals surface area contributed by atoms with Gasteiger partial charge in [0.05, 0.1) is 0 Å². The van der Waals surface area contributed by atoms with Crippen molar-refractivity contribution in [1.82, 2.24) is 10.6 Å². The van der Waals surface area contributed by atoms with E-state index >= 15 is 0 Å². The molecule has 0 aliphatic carbocycles. The van der Waals surface area contributed by atoms with Crippen LogP contribution in [0.15, 0.2) is 18.2 Å². The first-order valence-electron chi connectivity index (χ1n) is 8.05. The molecular formula is C17H23N3O2. The van der Waals surface area contributed by atoms with Gasteiger partial charge in [-0.15, -0.1) is 0 Å². The minimum absolute atomic E-state index is 0.180. The number of rotatable bonds is 3. The van der Waals surface area contributed by atoms with Crippen LogP contribution in [0.5, 0.6) is 0 Å². The smallest absolute Gasteiger partial charge is 0.249 e. The Morgan fingerprint density at radius 3 is 2.59 bits per heavy atom. The molecule has 5 nitrogen and oxygen atoms in total. The van der Waals surface area contributed by atoms with Crippen LogP contribution in [0.4, 0.5) is 5.69 Å². The maximum Gasteiger partial charge on any atom is 0.249 e. The van der Waals surface area contributed by atoms with Crippen LogP contribution in [-0.2, 0) is 9.59 Å². The highest BCUT2D eigenvalue weighted by molar-refractivity contribution is 6.01. The van der Waals surface area contributed by atoms with E-state index in [1.165, 1.54) is 18.4 Å². The van der Waals surface area contributed by atoms with Crippen LogP contribution in [0.3, 0.4) is 0 Å². The van der Waals surface area contributed by atoms with Gasteiger partial charge in [-0.05, 0) is 62.4 Å². The molecule has 3 rings (SSSR count). The van der Waals surface area contributed by atoms with Gasteiger partial charge in [-0.25, -0.2) is 0 Å². The van der Waals surface area contributed by atoms with Crippen LogP contribution >= 0.6 is 0 Å². The molecule has 2 saturated heterocycles. The van der Waals surface area contributed by atoms with Crippen molar-refractivity contribution in [3.63, 3.8) is 0 Å². The second-order valence-corrected chi connectivity index (χ2v) is 6.25. The maximum atomic E-state index is 11.8. The fourth-order valence-corrected chi connectivity index (χ4v) is 3.28. The highest BCUT2D eigenvalue weighted by Crippen LogP contribution is 2.28. The number of hydrogen-bond donors (Lipinski definition) is 3. The van der Waals surface area contributed by atoms with E-state index in [2.05, 4.69) is 41.1 Å². The molecule has 1 atom stereocenters. The van der Waals surface area contributed by atoms with E-state index in [1.807, 2.05) is 0 Å². The average molecular weight is 301 g/mol. The Bertz CT molecular complexity index is 579. The molecule has 2 amide bonds. The monoisotopic (exact) mass is 301 g/mol. The van der Waals surface area contributed by atoms with E-state index in [0.29, 0.717) is 18.8 Å². The van der Waals surface area contributed by atoms with Crippen LogP contribution in [0.2, 0.25) is 0 Å². The summed E-state index contributed by atoms with van der Waals surface area (Å²) in [5.74, 6) is 0.226. The number of carbonyl (C=O) groups is 2. The molecule has 0 spiro atoms. The molecule has 2 aliphatic heterocycles. The Morgan fingerprint density at radius 2 is 1.91 bits per heavy atom. The van der Waals surface area contributed by atoms with Crippen molar-refractivity contribution in [3.8, 4) is 0 Å². The predicted molar refractivity (Wildman–Crippen MR) is 85.8 cm³/mol. The van der Waals surface area contributed by atoms with E-state index in [1.54, 1.807) is 0 Å². The lowest BCUT2D eigenvalue weighted by Gasteiger charge is -2.26. The van der Waals surface area contributed by atoms with E-state index in [-0.39, 0.29) is 17.9 Å². The minimum atomic E-state index is -0.318. The summed E-state index contributed by atoms with van der Waals surface area (Å²) in [7, 11) is 0. The summed E-state index contributed by atoms with van der Waals surface area (Å²) in [6, 6.07) is 6.14. The van der Waals surface area contributed by atoms with Gasteiger partial charge in [-0.2, -0.15) is 0 Å². The molecule has 5 heteroatoms. The molecule has 0 saturated carbocycles. The predicted octanol–water partition coefficient (Wildman–Crippen LogP) is 1.68. The normalized spacial score (nSPS) is 23.2. The van der Waals surface area contributed by atoms with Gasteiger partial charge in [0.1, 0.15) is 6.04 Å². The van der Waals surface area contributed by atoms with Gasteiger partial charge in [0.25, 0.3) is 0 Å². The number of imide groups is 1. The summed E-state index contributed by atoms with van der Waals surface area (Å²) < 4.78 is 0. The van der Waals surface area contributed by atoms with Crippen LogP contribution in [0.1, 0.15) is 42.7 Å². The van der Waals surface area contributed by atoms with E-state index in [4.69, 9.17) is 0 Å². The number of amides is 2. The summed E-state index contributed by atoms with van der Waals surface area (Å²) >= 11 is 0. The van der Waals surface area contributed by atoms with Crippen molar-refractivity contribution in [1.29, 1.82) is 0 Å². The Hall–Kier alpha value is -1.88. The number of nitrogens with one attached hydrogen (secondary N) is 3. The fraction of sp³-hybridized carbons (Fsp3) is 0.529. The molecule has 22 heavy (non-hydrogen) atoms. The zero-order valence-electron chi connectivity index (χ0n) is 12.9. The third kappa shape index (κ3) is 3.30. The highest BCUT2D eigenvalue weighted by atomic mass is 16.2. The molecule has 1 aromatic carbocycles. The first kappa shape index (κ1) is 15.0. The number of benzene rings is 1. The van der Waals surface area contributed by atoms with E-state index in [9.17, 15) is 9.59 Å². The zero-order valence-corrected chi connectivity index (χ0v) is 12.9. The Morgan fingerprint density at radius 1 is 1.14 bits per heavy atom. The van der Waals surface area contributed by atoms with Crippen molar-refractivity contribution in [2.24, 2.45) is 0 Å². The fourth-order valence-electron chi connectivity index (χ4n) is 3.28. The number of aryl methyl sites for hydroxylation is 1. The first-order chi connectivity index (χ1) is 10.6. The molecule has 0 bridgehead atoms. The topological polar surface area (TPSA) is 70.2 Å². The third-order valence-electron chi connectivity index (χ3n) is 4.63. The highest BCUT2D eigenvalue weighted by Gasteiger charge is 2.26. The molecule has 2 aliphatic rings.